The Kier molecular flexibility index (Phi) is 5.20. The molecule has 2 nitrogen and oxygen atoms in total. The first kappa shape index (κ1) is 13.8. The van der Waals surface area contributed by atoms with Gasteiger partial charge in [-0.25, -0.2) is 0 Å². The van der Waals surface area contributed by atoms with Crippen LogP contribution in [0.1, 0.15) is 55.5 Å². The van der Waals surface area contributed by atoms with Crippen LogP contribution in [0.25, 0.3) is 0 Å². The van der Waals surface area contributed by atoms with Gasteiger partial charge in [-0.3, -0.25) is 4.79 Å². The summed E-state index contributed by atoms with van der Waals surface area (Å²) in [5.41, 5.74) is 1.49. The summed E-state index contributed by atoms with van der Waals surface area (Å²) in [5, 5.41) is 9.75. The van der Waals surface area contributed by atoms with Crippen molar-refractivity contribution in [2.75, 3.05) is 0 Å². The summed E-state index contributed by atoms with van der Waals surface area (Å²) in [6, 6.07) is 5.21. The van der Waals surface area contributed by atoms with E-state index in [1.165, 1.54) is 0 Å². The molecule has 0 saturated heterocycles. The number of phenols is 1. The van der Waals surface area contributed by atoms with Gasteiger partial charge in [0.05, 0.1) is 5.56 Å². The number of ketones is 1. The topological polar surface area (TPSA) is 37.3 Å². The number of Topliss-reactive ketones (excluding diaryl/α,β-unsaturated/α-hetero) is 1. The van der Waals surface area contributed by atoms with E-state index in [0.717, 1.165) is 31.2 Å². The molecule has 94 valence electrons. The van der Waals surface area contributed by atoms with Crippen molar-refractivity contribution in [3.8, 4) is 5.75 Å². The van der Waals surface area contributed by atoms with Crippen LogP contribution in [0, 0.1) is 12.8 Å². The fourth-order valence-corrected chi connectivity index (χ4v) is 2.04. The average molecular weight is 234 g/mol. The lowest BCUT2D eigenvalue weighted by molar-refractivity contribution is 0.0905. The number of rotatable bonds is 6. The van der Waals surface area contributed by atoms with Crippen molar-refractivity contribution >= 4 is 5.78 Å². The third kappa shape index (κ3) is 3.58. The second-order valence-electron chi connectivity index (χ2n) is 4.63. The van der Waals surface area contributed by atoms with Gasteiger partial charge in [0, 0.05) is 5.92 Å². The zero-order valence-electron chi connectivity index (χ0n) is 11.0. The van der Waals surface area contributed by atoms with Gasteiger partial charge in [0.15, 0.2) is 5.78 Å². The fraction of sp³-hybridized carbons (Fsp3) is 0.533. The van der Waals surface area contributed by atoms with Crippen molar-refractivity contribution in [1.29, 1.82) is 0 Å². The maximum atomic E-state index is 12.3. The smallest absolute Gasteiger partial charge is 0.169 e. The molecule has 0 fully saturated rings. The molecular weight excluding hydrogens is 212 g/mol. The summed E-state index contributed by atoms with van der Waals surface area (Å²) < 4.78 is 0. The van der Waals surface area contributed by atoms with Gasteiger partial charge in [-0.15, -0.1) is 0 Å². The molecule has 17 heavy (non-hydrogen) atoms. The Morgan fingerprint density at radius 2 is 2.06 bits per heavy atom. The van der Waals surface area contributed by atoms with Crippen LogP contribution in [0.2, 0.25) is 0 Å². The lowest BCUT2D eigenvalue weighted by atomic mass is 9.90. The maximum Gasteiger partial charge on any atom is 0.169 e. The predicted octanol–water partition coefficient (Wildman–Crippen LogP) is 4.10. The van der Waals surface area contributed by atoms with Crippen LogP contribution in [0.15, 0.2) is 18.2 Å². The largest absolute Gasteiger partial charge is 0.507 e. The number of phenolic OH excluding ortho intramolecular Hbond substituents is 1. The van der Waals surface area contributed by atoms with Gasteiger partial charge in [0.1, 0.15) is 5.75 Å². The van der Waals surface area contributed by atoms with Gasteiger partial charge >= 0.3 is 0 Å². The minimum Gasteiger partial charge on any atom is -0.507 e. The van der Waals surface area contributed by atoms with Gasteiger partial charge in [-0.05, 0) is 31.9 Å². The first-order valence-corrected chi connectivity index (χ1v) is 6.44. The quantitative estimate of drug-likeness (QED) is 0.752. The van der Waals surface area contributed by atoms with E-state index in [0.29, 0.717) is 5.56 Å². The Balaban J connectivity index is 2.89. The van der Waals surface area contributed by atoms with Gasteiger partial charge in [0.2, 0.25) is 0 Å². The summed E-state index contributed by atoms with van der Waals surface area (Å²) in [6.45, 7) is 6.09. The second kappa shape index (κ2) is 6.43. The molecule has 0 heterocycles. The average Bonchev–Trinajstić information content (AvgIpc) is 2.33. The molecule has 1 atom stereocenters. The van der Waals surface area contributed by atoms with E-state index in [4.69, 9.17) is 0 Å². The summed E-state index contributed by atoms with van der Waals surface area (Å²) in [6.07, 6.45) is 3.92. The predicted molar refractivity (Wildman–Crippen MR) is 70.5 cm³/mol. The molecule has 0 radical (unpaired) electrons. The van der Waals surface area contributed by atoms with Crippen molar-refractivity contribution in [1.82, 2.24) is 0 Å². The standard InChI is InChI=1S/C15H22O2/c1-4-6-7-12(5-2)15(17)13-10-11(3)8-9-14(13)16/h8-10,12,16H,4-7H2,1-3H3. The molecule has 0 bridgehead atoms. The molecular formula is C15H22O2. The van der Waals surface area contributed by atoms with E-state index >= 15 is 0 Å². The van der Waals surface area contributed by atoms with E-state index in [-0.39, 0.29) is 17.5 Å². The maximum absolute atomic E-state index is 12.3. The summed E-state index contributed by atoms with van der Waals surface area (Å²) in [5.74, 6) is 0.236. The van der Waals surface area contributed by atoms with E-state index in [2.05, 4.69) is 6.92 Å². The number of carbonyl (C=O) groups is 1. The molecule has 2 heteroatoms. The Labute approximate surface area is 104 Å². The van der Waals surface area contributed by atoms with E-state index in [1.54, 1.807) is 12.1 Å². The van der Waals surface area contributed by atoms with Gasteiger partial charge in [0.25, 0.3) is 0 Å². The van der Waals surface area contributed by atoms with Crippen molar-refractivity contribution < 1.29 is 9.90 Å². The molecule has 1 aromatic carbocycles. The van der Waals surface area contributed by atoms with Gasteiger partial charge in [-0.2, -0.15) is 0 Å². The molecule has 1 aromatic rings. The third-order valence-corrected chi connectivity index (χ3v) is 3.19. The molecule has 0 amide bonds. The van der Waals surface area contributed by atoms with Crippen LogP contribution >= 0.6 is 0 Å². The number of aryl methyl sites for hydroxylation is 1. The van der Waals surface area contributed by atoms with Crippen LogP contribution in [0.4, 0.5) is 0 Å². The van der Waals surface area contributed by atoms with Crippen molar-refractivity contribution in [2.45, 2.75) is 46.5 Å². The molecule has 1 rings (SSSR count). The van der Waals surface area contributed by atoms with Crippen LogP contribution in [-0.2, 0) is 0 Å². The third-order valence-electron chi connectivity index (χ3n) is 3.19. The molecule has 1 unspecified atom stereocenters. The first-order valence-electron chi connectivity index (χ1n) is 6.44. The number of carbonyl (C=O) groups excluding carboxylic acids is 1. The van der Waals surface area contributed by atoms with E-state index in [1.807, 2.05) is 19.9 Å². The fourth-order valence-electron chi connectivity index (χ4n) is 2.04. The highest BCUT2D eigenvalue weighted by molar-refractivity contribution is 6.00. The Morgan fingerprint density at radius 3 is 2.65 bits per heavy atom. The first-order chi connectivity index (χ1) is 8.10. The molecule has 0 aliphatic heterocycles. The Bertz CT molecular complexity index is 383. The summed E-state index contributed by atoms with van der Waals surface area (Å²) >= 11 is 0. The Hall–Kier alpha value is -1.31. The highest BCUT2D eigenvalue weighted by atomic mass is 16.3. The molecule has 0 aliphatic rings. The summed E-state index contributed by atoms with van der Waals surface area (Å²) in [7, 11) is 0. The van der Waals surface area contributed by atoms with Crippen LogP contribution in [-0.4, -0.2) is 10.9 Å². The number of hydrogen-bond donors (Lipinski definition) is 1. The highest BCUT2D eigenvalue weighted by Gasteiger charge is 2.20. The van der Waals surface area contributed by atoms with Crippen molar-refractivity contribution in [2.24, 2.45) is 5.92 Å². The molecule has 0 saturated carbocycles. The van der Waals surface area contributed by atoms with Gasteiger partial charge < -0.3 is 5.11 Å². The number of unbranched alkanes of at least 4 members (excludes halogenated alkanes) is 1. The molecule has 0 aliphatic carbocycles. The van der Waals surface area contributed by atoms with Gasteiger partial charge in [-0.1, -0.05) is 38.3 Å². The van der Waals surface area contributed by atoms with E-state index < -0.39 is 0 Å². The van der Waals surface area contributed by atoms with E-state index in [9.17, 15) is 9.90 Å². The highest BCUT2D eigenvalue weighted by Crippen LogP contribution is 2.25. The van der Waals surface area contributed by atoms with Crippen molar-refractivity contribution in [3.63, 3.8) is 0 Å². The molecule has 1 N–H and O–H groups in total. The molecule has 0 aromatic heterocycles. The van der Waals surface area contributed by atoms with Crippen LogP contribution in [0.3, 0.4) is 0 Å². The minimum absolute atomic E-state index is 0.0441. The minimum atomic E-state index is 0.0441. The summed E-state index contributed by atoms with van der Waals surface area (Å²) in [4.78, 5) is 12.3. The second-order valence-corrected chi connectivity index (χ2v) is 4.63. The molecule has 0 spiro atoms. The Morgan fingerprint density at radius 1 is 1.35 bits per heavy atom. The van der Waals surface area contributed by atoms with Crippen LogP contribution < -0.4 is 0 Å². The number of benzene rings is 1. The lowest BCUT2D eigenvalue weighted by Gasteiger charge is -2.14. The lowest BCUT2D eigenvalue weighted by Crippen LogP contribution is -2.14. The van der Waals surface area contributed by atoms with Crippen LogP contribution in [0.5, 0.6) is 5.75 Å². The van der Waals surface area contributed by atoms with Crippen molar-refractivity contribution in [3.05, 3.63) is 29.3 Å². The number of hydrogen-bond acceptors (Lipinski definition) is 2. The zero-order chi connectivity index (χ0) is 12.8. The number of aromatic hydroxyl groups is 1. The monoisotopic (exact) mass is 234 g/mol. The zero-order valence-corrected chi connectivity index (χ0v) is 11.0. The SMILES string of the molecule is CCCCC(CC)C(=O)c1cc(C)ccc1O. The normalized spacial score (nSPS) is 12.4.